The predicted octanol–water partition coefficient (Wildman–Crippen LogP) is 14.7. The highest BCUT2D eigenvalue weighted by molar-refractivity contribution is 5.88. The van der Waals surface area contributed by atoms with E-state index in [2.05, 4.69) is 184 Å². The van der Waals surface area contributed by atoms with Gasteiger partial charge < -0.3 is 9.47 Å². The van der Waals surface area contributed by atoms with Crippen LogP contribution in [0.3, 0.4) is 0 Å². The van der Waals surface area contributed by atoms with Crippen LogP contribution in [0.5, 0.6) is 23.0 Å². The molecule has 8 aromatic carbocycles. The largest absolute Gasteiger partial charge is 0.449 e. The standard InChI is InChI=1S/C55H38N2O2/c1-55(2)45-19-10-9-18-44(45)52-46(55)29-31-50-53(52)59-49-30-28-42(33-51(49)58-50)41-16-11-17-43(32-41)48-34-47(39-24-20-37(21-25-39)35-12-5-3-6-13-35)56-54(57-48)40-26-22-38(23-27-40)36-14-7-4-8-15-36/h3-34H,1-2H3. The van der Waals surface area contributed by atoms with E-state index < -0.39 is 0 Å². The quantitative estimate of drug-likeness (QED) is 0.169. The maximum absolute atomic E-state index is 6.69. The second-order valence-corrected chi connectivity index (χ2v) is 15.8. The van der Waals surface area contributed by atoms with Crippen LogP contribution in [0.15, 0.2) is 194 Å². The molecule has 0 atom stereocenters. The van der Waals surface area contributed by atoms with Crippen LogP contribution in [-0.2, 0) is 5.41 Å². The third-order valence-corrected chi connectivity index (χ3v) is 11.8. The average Bonchev–Trinajstić information content (AvgIpc) is 3.54. The topological polar surface area (TPSA) is 44.2 Å². The molecule has 4 nitrogen and oxygen atoms in total. The fraction of sp³-hybridized carbons (Fsp3) is 0.0545. The van der Waals surface area contributed by atoms with Crippen molar-refractivity contribution in [2.24, 2.45) is 0 Å². The lowest BCUT2D eigenvalue weighted by molar-refractivity contribution is 0.360. The van der Waals surface area contributed by atoms with Gasteiger partial charge in [-0.25, -0.2) is 9.97 Å². The molecule has 4 heteroatoms. The number of hydrogen-bond donors (Lipinski definition) is 0. The molecule has 0 fully saturated rings. The van der Waals surface area contributed by atoms with E-state index in [0.29, 0.717) is 17.3 Å². The van der Waals surface area contributed by atoms with E-state index in [1.165, 1.54) is 27.8 Å². The van der Waals surface area contributed by atoms with Crippen molar-refractivity contribution in [2.45, 2.75) is 19.3 Å². The van der Waals surface area contributed by atoms with Crippen LogP contribution < -0.4 is 9.47 Å². The summed E-state index contributed by atoms with van der Waals surface area (Å²) in [5, 5.41) is 0. The first kappa shape index (κ1) is 34.7. The van der Waals surface area contributed by atoms with Crippen LogP contribution >= 0.6 is 0 Å². The van der Waals surface area contributed by atoms with Crippen molar-refractivity contribution < 1.29 is 9.47 Å². The van der Waals surface area contributed by atoms with E-state index >= 15 is 0 Å². The Kier molecular flexibility index (Phi) is 8.12. The van der Waals surface area contributed by atoms with Crippen molar-refractivity contribution in [1.29, 1.82) is 0 Å². The highest BCUT2D eigenvalue weighted by atomic mass is 16.6. The Hall–Kier alpha value is -7.56. The number of benzene rings is 8. The number of rotatable bonds is 6. The Labute approximate surface area is 344 Å². The van der Waals surface area contributed by atoms with E-state index in [-0.39, 0.29) is 5.41 Å². The fourth-order valence-corrected chi connectivity index (χ4v) is 8.64. The van der Waals surface area contributed by atoms with Gasteiger partial charge in [0.2, 0.25) is 0 Å². The van der Waals surface area contributed by atoms with Crippen LogP contribution in [0.1, 0.15) is 25.0 Å². The van der Waals surface area contributed by atoms with Gasteiger partial charge in [-0.15, -0.1) is 0 Å². The molecular weight excluding hydrogens is 721 g/mol. The monoisotopic (exact) mass is 758 g/mol. The molecular formula is C55H38N2O2. The van der Waals surface area contributed by atoms with Crippen molar-refractivity contribution >= 4 is 0 Å². The van der Waals surface area contributed by atoms with Gasteiger partial charge in [-0.3, -0.25) is 0 Å². The molecule has 0 spiro atoms. The molecule has 280 valence electrons. The summed E-state index contributed by atoms with van der Waals surface area (Å²) in [7, 11) is 0. The van der Waals surface area contributed by atoms with Crippen molar-refractivity contribution in [1.82, 2.24) is 9.97 Å². The molecule has 0 bridgehead atoms. The molecule has 2 heterocycles. The first-order chi connectivity index (χ1) is 29.0. The van der Waals surface area contributed by atoms with Crippen LogP contribution in [0.4, 0.5) is 0 Å². The van der Waals surface area contributed by atoms with Gasteiger partial charge in [0.1, 0.15) is 0 Å². The third kappa shape index (κ3) is 6.09. The summed E-state index contributed by atoms with van der Waals surface area (Å²) in [6.45, 7) is 4.55. The van der Waals surface area contributed by atoms with Crippen molar-refractivity contribution in [3.05, 3.63) is 205 Å². The second kappa shape index (κ2) is 13.8. The molecule has 2 aliphatic rings. The number of aromatic nitrogens is 2. The second-order valence-electron chi connectivity index (χ2n) is 15.8. The normalized spacial score (nSPS) is 13.0. The Bertz CT molecular complexity index is 2940. The zero-order valence-corrected chi connectivity index (χ0v) is 32.7. The summed E-state index contributed by atoms with van der Waals surface area (Å²) in [6.07, 6.45) is 0. The fourth-order valence-electron chi connectivity index (χ4n) is 8.64. The van der Waals surface area contributed by atoms with Crippen LogP contribution in [-0.4, -0.2) is 9.97 Å². The van der Waals surface area contributed by atoms with Crippen LogP contribution in [0.25, 0.3) is 78.4 Å². The molecule has 1 aliphatic carbocycles. The summed E-state index contributed by atoms with van der Waals surface area (Å²) in [5.41, 5.74) is 16.2. The lowest BCUT2D eigenvalue weighted by Crippen LogP contribution is -2.15. The molecule has 0 radical (unpaired) electrons. The van der Waals surface area contributed by atoms with E-state index in [0.717, 1.165) is 67.4 Å². The molecule has 0 saturated carbocycles. The highest BCUT2D eigenvalue weighted by Gasteiger charge is 2.39. The summed E-state index contributed by atoms with van der Waals surface area (Å²) in [6, 6.07) is 67.6. The molecule has 9 aromatic rings. The summed E-state index contributed by atoms with van der Waals surface area (Å²) >= 11 is 0. The van der Waals surface area contributed by atoms with Crippen LogP contribution in [0.2, 0.25) is 0 Å². The zero-order valence-electron chi connectivity index (χ0n) is 32.7. The van der Waals surface area contributed by atoms with Gasteiger partial charge in [0, 0.05) is 27.7 Å². The molecule has 59 heavy (non-hydrogen) atoms. The SMILES string of the molecule is CC1(C)c2ccccc2-c2c1ccc1c2Oc2ccc(-c3cccc(-c4cc(-c5ccc(-c6ccccc6)cc5)nc(-c5ccc(-c6ccccc6)cc5)n4)c3)cc2O1. The van der Waals surface area contributed by atoms with Crippen molar-refractivity contribution in [2.75, 3.05) is 0 Å². The first-order valence-electron chi connectivity index (χ1n) is 20.0. The Morgan fingerprint density at radius 3 is 1.59 bits per heavy atom. The first-order valence-corrected chi connectivity index (χ1v) is 20.0. The molecule has 11 rings (SSSR count). The minimum atomic E-state index is -0.120. The highest BCUT2D eigenvalue weighted by Crippen LogP contribution is 2.58. The maximum atomic E-state index is 6.69. The van der Waals surface area contributed by atoms with Gasteiger partial charge in [0.15, 0.2) is 28.8 Å². The summed E-state index contributed by atoms with van der Waals surface area (Å²) in [5.74, 6) is 3.57. The Balaban J connectivity index is 0.950. The zero-order chi connectivity index (χ0) is 39.5. The number of nitrogens with zero attached hydrogens (tertiary/aromatic N) is 2. The molecule has 1 aromatic heterocycles. The van der Waals surface area contributed by atoms with E-state index in [1.54, 1.807) is 0 Å². The van der Waals surface area contributed by atoms with Gasteiger partial charge in [0.25, 0.3) is 0 Å². The third-order valence-electron chi connectivity index (χ3n) is 11.8. The maximum Gasteiger partial charge on any atom is 0.178 e. The molecule has 0 saturated heterocycles. The molecule has 0 amide bonds. The average molecular weight is 759 g/mol. The van der Waals surface area contributed by atoms with E-state index in [4.69, 9.17) is 19.4 Å². The Morgan fingerprint density at radius 2 is 0.881 bits per heavy atom. The van der Waals surface area contributed by atoms with Crippen molar-refractivity contribution in [3.63, 3.8) is 0 Å². The summed E-state index contributed by atoms with van der Waals surface area (Å²) in [4.78, 5) is 10.3. The molecule has 0 unspecified atom stereocenters. The lowest BCUT2D eigenvalue weighted by atomic mass is 9.82. The van der Waals surface area contributed by atoms with Crippen LogP contribution in [0, 0.1) is 0 Å². The number of hydrogen-bond acceptors (Lipinski definition) is 4. The number of fused-ring (bicyclic) bond motifs is 6. The van der Waals surface area contributed by atoms with Crippen molar-refractivity contribution in [3.8, 4) is 101 Å². The van der Waals surface area contributed by atoms with Gasteiger partial charge in [-0.05, 0) is 80.4 Å². The number of ether oxygens (including phenoxy) is 2. The Morgan fingerprint density at radius 1 is 0.356 bits per heavy atom. The van der Waals surface area contributed by atoms with Gasteiger partial charge in [-0.2, -0.15) is 0 Å². The van der Waals surface area contributed by atoms with Gasteiger partial charge in [0.05, 0.1) is 11.4 Å². The van der Waals surface area contributed by atoms with E-state index in [9.17, 15) is 0 Å². The van der Waals surface area contributed by atoms with Gasteiger partial charge >= 0.3 is 0 Å². The summed E-state index contributed by atoms with van der Waals surface area (Å²) < 4.78 is 13.3. The molecule has 1 aliphatic heterocycles. The predicted molar refractivity (Wildman–Crippen MR) is 239 cm³/mol. The molecule has 0 N–H and O–H groups in total. The lowest BCUT2D eigenvalue weighted by Gasteiger charge is -2.25. The smallest absolute Gasteiger partial charge is 0.178 e. The van der Waals surface area contributed by atoms with E-state index in [1.807, 2.05) is 24.3 Å². The minimum Gasteiger partial charge on any atom is -0.449 e. The van der Waals surface area contributed by atoms with Gasteiger partial charge in [-0.1, -0.05) is 178 Å². The minimum absolute atomic E-state index is 0.120.